The predicted molar refractivity (Wildman–Crippen MR) is 65.0 cm³/mol. The average molecular weight is 256 g/mol. The maximum Gasteiger partial charge on any atom is 0.305 e. The number of esters is 1. The van der Waals surface area contributed by atoms with Crippen molar-refractivity contribution in [1.82, 2.24) is 5.32 Å². The molecule has 0 aliphatic carbocycles. The first kappa shape index (κ1) is 13.5. The molecule has 1 rings (SSSR count). The molecule has 0 bridgehead atoms. The molecule has 0 saturated carbocycles. The zero-order valence-electron chi connectivity index (χ0n) is 9.53. The van der Waals surface area contributed by atoms with E-state index in [0.717, 1.165) is 0 Å². The molecule has 17 heavy (non-hydrogen) atoms. The molecule has 0 atom stereocenters. The van der Waals surface area contributed by atoms with Gasteiger partial charge in [-0.1, -0.05) is 23.7 Å². The minimum atomic E-state index is -0.281. The van der Waals surface area contributed by atoms with E-state index in [0.29, 0.717) is 30.0 Å². The summed E-state index contributed by atoms with van der Waals surface area (Å²) in [7, 11) is 1.34. The lowest BCUT2D eigenvalue weighted by atomic mass is 10.2. The van der Waals surface area contributed by atoms with Crippen molar-refractivity contribution in [3.63, 3.8) is 0 Å². The van der Waals surface area contributed by atoms with Crippen LogP contribution in [0.2, 0.25) is 5.02 Å². The maximum absolute atomic E-state index is 11.7. The van der Waals surface area contributed by atoms with Crippen molar-refractivity contribution in [3.05, 3.63) is 34.9 Å². The van der Waals surface area contributed by atoms with E-state index in [2.05, 4.69) is 10.1 Å². The Kier molecular flexibility index (Phi) is 5.49. The Hall–Kier alpha value is -1.55. The topological polar surface area (TPSA) is 55.4 Å². The third-order valence-corrected chi connectivity index (χ3v) is 2.52. The van der Waals surface area contributed by atoms with Crippen LogP contribution in [0.1, 0.15) is 23.2 Å². The molecule has 1 N–H and O–H groups in total. The van der Waals surface area contributed by atoms with Crippen LogP contribution in [0, 0.1) is 0 Å². The Balaban J connectivity index is 2.36. The molecule has 0 aliphatic heterocycles. The summed E-state index contributed by atoms with van der Waals surface area (Å²) in [6.07, 6.45) is 0.835. The number of amides is 1. The van der Waals surface area contributed by atoms with E-state index in [1.165, 1.54) is 7.11 Å². The number of methoxy groups -OCH3 is 1. The Bertz CT molecular complexity index is 406. The van der Waals surface area contributed by atoms with Crippen molar-refractivity contribution in [1.29, 1.82) is 0 Å². The van der Waals surface area contributed by atoms with Gasteiger partial charge in [-0.2, -0.15) is 0 Å². The lowest BCUT2D eigenvalue weighted by Crippen LogP contribution is -2.25. The van der Waals surface area contributed by atoms with Crippen molar-refractivity contribution in [2.24, 2.45) is 0 Å². The zero-order valence-corrected chi connectivity index (χ0v) is 10.3. The number of rotatable bonds is 5. The summed E-state index contributed by atoms with van der Waals surface area (Å²) >= 11 is 5.87. The number of halogens is 1. The minimum Gasteiger partial charge on any atom is -0.469 e. The summed E-state index contributed by atoms with van der Waals surface area (Å²) < 4.78 is 4.49. The molecule has 0 heterocycles. The van der Waals surface area contributed by atoms with Crippen LogP contribution in [0.15, 0.2) is 24.3 Å². The van der Waals surface area contributed by atoms with Crippen LogP contribution in [0.4, 0.5) is 0 Å². The highest BCUT2D eigenvalue weighted by atomic mass is 35.5. The summed E-state index contributed by atoms with van der Waals surface area (Å²) in [6, 6.07) is 6.81. The zero-order chi connectivity index (χ0) is 12.7. The van der Waals surface area contributed by atoms with Gasteiger partial charge in [0.1, 0.15) is 0 Å². The van der Waals surface area contributed by atoms with Gasteiger partial charge in [0.15, 0.2) is 0 Å². The Morgan fingerprint density at radius 2 is 2.06 bits per heavy atom. The van der Waals surface area contributed by atoms with Crippen molar-refractivity contribution in [2.75, 3.05) is 13.7 Å². The van der Waals surface area contributed by atoms with E-state index >= 15 is 0 Å². The second-order valence-corrected chi connectivity index (χ2v) is 3.82. The molecule has 0 radical (unpaired) electrons. The van der Waals surface area contributed by atoms with Gasteiger partial charge < -0.3 is 10.1 Å². The van der Waals surface area contributed by atoms with Gasteiger partial charge in [-0.15, -0.1) is 0 Å². The first-order chi connectivity index (χ1) is 8.15. The summed E-state index contributed by atoms with van der Waals surface area (Å²) in [4.78, 5) is 22.5. The number of hydrogen-bond donors (Lipinski definition) is 1. The third-order valence-electron chi connectivity index (χ3n) is 2.19. The van der Waals surface area contributed by atoms with Crippen LogP contribution in [-0.2, 0) is 9.53 Å². The number of nitrogens with one attached hydrogen (secondary N) is 1. The van der Waals surface area contributed by atoms with Gasteiger partial charge in [0.05, 0.1) is 17.7 Å². The van der Waals surface area contributed by atoms with E-state index in [1.807, 2.05) is 0 Å². The molecule has 0 unspecified atom stereocenters. The number of ether oxygens (including phenoxy) is 1. The summed E-state index contributed by atoms with van der Waals surface area (Å²) in [5.41, 5.74) is 0.437. The number of carbonyl (C=O) groups excluding carboxylic acids is 2. The molecule has 0 aliphatic rings. The van der Waals surface area contributed by atoms with Gasteiger partial charge in [-0.3, -0.25) is 9.59 Å². The highest BCUT2D eigenvalue weighted by molar-refractivity contribution is 6.33. The normalized spacial score (nSPS) is 9.76. The monoisotopic (exact) mass is 255 g/mol. The van der Waals surface area contributed by atoms with E-state index in [1.54, 1.807) is 24.3 Å². The fraction of sp³-hybridized carbons (Fsp3) is 0.333. The van der Waals surface area contributed by atoms with Gasteiger partial charge in [0.25, 0.3) is 5.91 Å². The lowest BCUT2D eigenvalue weighted by Gasteiger charge is -2.05. The standard InChI is InChI=1S/C12H14ClNO3/c1-17-11(15)7-4-8-14-12(16)9-5-2-3-6-10(9)13/h2-3,5-6H,4,7-8H2,1H3,(H,14,16). The van der Waals surface area contributed by atoms with Gasteiger partial charge in [-0.25, -0.2) is 0 Å². The van der Waals surface area contributed by atoms with Gasteiger partial charge in [0, 0.05) is 13.0 Å². The summed E-state index contributed by atoms with van der Waals surface area (Å²) in [5.74, 6) is -0.516. The Morgan fingerprint density at radius 1 is 1.35 bits per heavy atom. The average Bonchev–Trinajstić information content (AvgIpc) is 2.34. The molecule has 0 saturated heterocycles. The molecule has 1 aromatic carbocycles. The largest absolute Gasteiger partial charge is 0.469 e. The first-order valence-corrected chi connectivity index (χ1v) is 5.62. The highest BCUT2D eigenvalue weighted by Crippen LogP contribution is 2.14. The van der Waals surface area contributed by atoms with Crippen LogP contribution < -0.4 is 5.32 Å². The molecule has 92 valence electrons. The first-order valence-electron chi connectivity index (χ1n) is 5.24. The van der Waals surface area contributed by atoms with Crippen molar-refractivity contribution >= 4 is 23.5 Å². The molecule has 1 amide bonds. The van der Waals surface area contributed by atoms with E-state index < -0.39 is 0 Å². The molecule has 1 aromatic rings. The molecule has 0 aromatic heterocycles. The van der Waals surface area contributed by atoms with Crippen molar-refractivity contribution in [2.45, 2.75) is 12.8 Å². The SMILES string of the molecule is COC(=O)CCCNC(=O)c1ccccc1Cl. The van der Waals surface area contributed by atoms with Crippen LogP contribution in [0.3, 0.4) is 0 Å². The molecule has 0 fully saturated rings. The fourth-order valence-corrected chi connectivity index (χ4v) is 1.50. The Morgan fingerprint density at radius 3 is 2.71 bits per heavy atom. The maximum atomic E-state index is 11.7. The van der Waals surface area contributed by atoms with E-state index in [4.69, 9.17) is 11.6 Å². The number of benzene rings is 1. The third kappa shape index (κ3) is 4.44. The summed E-state index contributed by atoms with van der Waals surface area (Å²) in [5, 5.41) is 3.10. The van der Waals surface area contributed by atoms with Gasteiger partial charge >= 0.3 is 5.97 Å². The van der Waals surface area contributed by atoms with Gasteiger partial charge in [0.2, 0.25) is 0 Å². The van der Waals surface area contributed by atoms with Crippen molar-refractivity contribution in [3.8, 4) is 0 Å². The predicted octanol–water partition coefficient (Wildman–Crippen LogP) is 2.02. The lowest BCUT2D eigenvalue weighted by molar-refractivity contribution is -0.140. The fourth-order valence-electron chi connectivity index (χ4n) is 1.28. The van der Waals surface area contributed by atoms with Crippen LogP contribution in [0.5, 0.6) is 0 Å². The molecular formula is C12H14ClNO3. The van der Waals surface area contributed by atoms with Crippen molar-refractivity contribution < 1.29 is 14.3 Å². The molecule has 4 nitrogen and oxygen atoms in total. The van der Waals surface area contributed by atoms with Crippen LogP contribution in [0.25, 0.3) is 0 Å². The van der Waals surface area contributed by atoms with E-state index in [9.17, 15) is 9.59 Å². The molecule has 5 heteroatoms. The quantitative estimate of drug-likeness (QED) is 0.647. The minimum absolute atomic E-state index is 0.236. The smallest absolute Gasteiger partial charge is 0.305 e. The van der Waals surface area contributed by atoms with Crippen LogP contribution >= 0.6 is 11.6 Å². The second-order valence-electron chi connectivity index (χ2n) is 3.42. The highest BCUT2D eigenvalue weighted by Gasteiger charge is 2.08. The van der Waals surface area contributed by atoms with E-state index in [-0.39, 0.29) is 11.9 Å². The summed E-state index contributed by atoms with van der Waals surface area (Å²) in [6.45, 7) is 0.416. The number of carbonyl (C=O) groups is 2. The van der Waals surface area contributed by atoms with Crippen LogP contribution in [-0.4, -0.2) is 25.5 Å². The van der Waals surface area contributed by atoms with Gasteiger partial charge in [-0.05, 0) is 18.6 Å². The second kappa shape index (κ2) is 6.91. The molecular weight excluding hydrogens is 242 g/mol. The number of hydrogen-bond acceptors (Lipinski definition) is 3. The molecule has 0 spiro atoms. The Labute approximate surface area is 105 Å².